The molecule has 0 aromatic heterocycles. The van der Waals surface area contributed by atoms with Crippen LogP contribution in [0.25, 0.3) is 0 Å². The Balaban J connectivity index is 2.25. The number of likely N-dealkylation sites (N-methyl/N-ethyl adjacent to an activating group) is 1. The molecule has 1 unspecified atom stereocenters. The first-order chi connectivity index (χ1) is 7.38. The molecule has 0 aromatic carbocycles. The van der Waals surface area contributed by atoms with Crippen molar-refractivity contribution >= 4 is 0 Å². The molecule has 0 aliphatic heterocycles. The van der Waals surface area contributed by atoms with Crippen LogP contribution in [0.15, 0.2) is 11.6 Å². The summed E-state index contributed by atoms with van der Waals surface area (Å²) >= 11 is 0. The summed E-state index contributed by atoms with van der Waals surface area (Å²) < 4.78 is 5.54. The minimum absolute atomic E-state index is 0.544. The van der Waals surface area contributed by atoms with Crippen molar-refractivity contribution in [2.24, 2.45) is 0 Å². The van der Waals surface area contributed by atoms with Crippen LogP contribution in [-0.4, -0.2) is 26.3 Å². The Bertz CT molecular complexity index is 189. The third-order valence-corrected chi connectivity index (χ3v) is 3.02. The molecule has 15 heavy (non-hydrogen) atoms. The van der Waals surface area contributed by atoms with Gasteiger partial charge in [-0.25, -0.2) is 0 Å². The van der Waals surface area contributed by atoms with Crippen molar-refractivity contribution in [2.75, 3.05) is 20.3 Å². The maximum absolute atomic E-state index is 5.54. The van der Waals surface area contributed by atoms with Gasteiger partial charge in [-0.15, -0.1) is 0 Å². The summed E-state index contributed by atoms with van der Waals surface area (Å²) in [5.41, 5.74) is 1.60. The SMILES string of the molecule is CCCOCCC(NC)C1=CCCCC1. The molecule has 0 amide bonds. The zero-order chi connectivity index (χ0) is 10.9. The van der Waals surface area contributed by atoms with E-state index in [1.807, 2.05) is 0 Å². The van der Waals surface area contributed by atoms with E-state index >= 15 is 0 Å². The van der Waals surface area contributed by atoms with E-state index in [0.717, 1.165) is 26.1 Å². The van der Waals surface area contributed by atoms with Crippen LogP contribution in [0.3, 0.4) is 0 Å². The van der Waals surface area contributed by atoms with Crippen molar-refractivity contribution < 1.29 is 4.74 Å². The molecule has 1 atom stereocenters. The number of ether oxygens (including phenoxy) is 1. The maximum atomic E-state index is 5.54. The number of hydrogen-bond donors (Lipinski definition) is 1. The molecule has 0 spiro atoms. The van der Waals surface area contributed by atoms with E-state index in [1.54, 1.807) is 5.57 Å². The first-order valence-electron chi connectivity index (χ1n) is 6.32. The van der Waals surface area contributed by atoms with Gasteiger partial charge in [0.2, 0.25) is 0 Å². The van der Waals surface area contributed by atoms with Crippen LogP contribution in [-0.2, 0) is 4.74 Å². The number of nitrogens with one attached hydrogen (secondary N) is 1. The van der Waals surface area contributed by atoms with E-state index in [4.69, 9.17) is 4.74 Å². The molecule has 88 valence electrons. The fourth-order valence-electron chi connectivity index (χ4n) is 2.14. The molecule has 2 nitrogen and oxygen atoms in total. The van der Waals surface area contributed by atoms with Crippen LogP contribution in [0.4, 0.5) is 0 Å². The highest BCUT2D eigenvalue weighted by Crippen LogP contribution is 2.21. The van der Waals surface area contributed by atoms with Gasteiger partial charge in [0.05, 0.1) is 0 Å². The van der Waals surface area contributed by atoms with Crippen molar-refractivity contribution in [1.82, 2.24) is 5.32 Å². The second kappa shape index (κ2) is 7.89. The van der Waals surface area contributed by atoms with Gasteiger partial charge in [-0.05, 0) is 45.6 Å². The quantitative estimate of drug-likeness (QED) is 0.516. The van der Waals surface area contributed by atoms with Gasteiger partial charge in [0.25, 0.3) is 0 Å². The third-order valence-electron chi connectivity index (χ3n) is 3.02. The average molecular weight is 211 g/mol. The van der Waals surface area contributed by atoms with Gasteiger partial charge in [0, 0.05) is 19.3 Å². The van der Waals surface area contributed by atoms with Gasteiger partial charge in [0.15, 0.2) is 0 Å². The molecule has 0 bridgehead atoms. The lowest BCUT2D eigenvalue weighted by Gasteiger charge is -2.22. The van der Waals surface area contributed by atoms with Crippen molar-refractivity contribution in [3.8, 4) is 0 Å². The predicted octanol–water partition coefficient (Wildman–Crippen LogP) is 2.89. The van der Waals surface area contributed by atoms with E-state index in [0.29, 0.717) is 6.04 Å². The Labute approximate surface area is 94.1 Å². The van der Waals surface area contributed by atoms with Gasteiger partial charge in [0.1, 0.15) is 0 Å². The largest absolute Gasteiger partial charge is 0.381 e. The van der Waals surface area contributed by atoms with E-state index < -0.39 is 0 Å². The molecule has 0 heterocycles. The number of allylic oxidation sites excluding steroid dienone is 1. The van der Waals surface area contributed by atoms with Crippen molar-refractivity contribution in [3.05, 3.63) is 11.6 Å². The molecular weight excluding hydrogens is 186 g/mol. The molecule has 1 aliphatic carbocycles. The second-order valence-corrected chi connectivity index (χ2v) is 4.27. The molecule has 0 saturated heterocycles. The lowest BCUT2D eigenvalue weighted by molar-refractivity contribution is 0.127. The van der Waals surface area contributed by atoms with E-state index in [-0.39, 0.29) is 0 Å². The number of rotatable bonds is 7. The van der Waals surface area contributed by atoms with E-state index in [9.17, 15) is 0 Å². The fraction of sp³-hybridized carbons (Fsp3) is 0.846. The molecule has 0 fully saturated rings. The predicted molar refractivity (Wildman–Crippen MR) is 65.1 cm³/mol. The standard InChI is InChI=1S/C13H25NO/c1-3-10-15-11-9-13(14-2)12-7-5-4-6-8-12/h7,13-14H,3-6,8-11H2,1-2H3. The summed E-state index contributed by atoms with van der Waals surface area (Å²) in [7, 11) is 2.06. The van der Waals surface area contributed by atoms with E-state index in [2.05, 4.69) is 25.4 Å². The van der Waals surface area contributed by atoms with Gasteiger partial charge in [-0.1, -0.05) is 18.6 Å². The topological polar surface area (TPSA) is 21.3 Å². The fourth-order valence-corrected chi connectivity index (χ4v) is 2.14. The van der Waals surface area contributed by atoms with Crippen molar-refractivity contribution in [1.29, 1.82) is 0 Å². The number of hydrogen-bond acceptors (Lipinski definition) is 2. The molecule has 1 N–H and O–H groups in total. The molecule has 0 saturated carbocycles. The van der Waals surface area contributed by atoms with Crippen LogP contribution < -0.4 is 5.32 Å². The summed E-state index contributed by atoms with van der Waals surface area (Å²) in [4.78, 5) is 0. The highest BCUT2D eigenvalue weighted by Gasteiger charge is 2.13. The first-order valence-corrected chi connectivity index (χ1v) is 6.32. The maximum Gasteiger partial charge on any atom is 0.0484 e. The normalized spacial score (nSPS) is 18.7. The van der Waals surface area contributed by atoms with Crippen molar-refractivity contribution in [2.45, 2.75) is 51.5 Å². The molecule has 1 aliphatic rings. The summed E-state index contributed by atoms with van der Waals surface area (Å²) in [5.74, 6) is 0. The van der Waals surface area contributed by atoms with Gasteiger partial charge in [-0.2, -0.15) is 0 Å². The monoisotopic (exact) mass is 211 g/mol. The molecule has 1 rings (SSSR count). The minimum atomic E-state index is 0.544. The van der Waals surface area contributed by atoms with Crippen LogP contribution >= 0.6 is 0 Å². The average Bonchev–Trinajstić information content (AvgIpc) is 2.30. The molecule has 0 aromatic rings. The zero-order valence-electron chi connectivity index (χ0n) is 10.2. The summed E-state index contributed by atoms with van der Waals surface area (Å²) in [5, 5.41) is 3.40. The minimum Gasteiger partial charge on any atom is -0.381 e. The first kappa shape index (κ1) is 12.7. The van der Waals surface area contributed by atoms with Crippen LogP contribution in [0.5, 0.6) is 0 Å². The highest BCUT2D eigenvalue weighted by molar-refractivity contribution is 5.12. The highest BCUT2D eigenvalue weighted by atomic mass is 16.5. The zero-order valence-corrected chi connectivity index (χ0v) is 10.2. The summed E-state index contributed by atoms with van der Waals surface area (Å²) in [6.45, 7) is 3.94. The van der Waals surface area contributed by atoms with Crippen LogP contribution in [0, 0.1) is 0 Å². The molecular formula is C13H25NO. The Morgan fingerprint density at radius 1 is 1.40 bits per heavy atom. The second-order valence-electron chi connectivity index (χ2n) is 4.27. The Hall–Kier alpha value is -0.340. The Morgan fingerprint density at radius 2 is 2.27 bits per heavy atom. The van der Waals surface area contributed by atoms with Gasteiger partial charge < -0.3 is 10.1 Å². The molecule has 0 radical (unpaired) electrons. The Morgan fingerprint density at radius 3 is 2.87 bits per heavy atom. The van der Waals surface area contributed by atoms with Crippen LogP contribution in [0.2, 0.25) is 0 Å². The smallest absolute Gasteiger partial charge is 0.0484 e. The summed E-state index contributed by atoms with van der Waals surface area (Å²) in [6, 6.07) is 0.544. The summed E-state index contributed by atoms with van der Waals surface area (Å²) in [6.07, 6.45) is 9.93. The van der Waals surface area contributed by atoms with E-state index in [1.165, 1.54) is 25.7 Å². The Kier molecular flexibility index (Phi) is 6.69. The van der Waals surface area contributed by atoms with Crippen LogP contribution in [0.1, 0.15) is 45.4 Å². The van der Waals surface area contributed by atoms with Gasteiger partial charge >= 0.3 is 0 Å². The lowest BCUT2D eigenvalue weighted by Crippen LogP contribution is -2.29. The van der Waals surface area contributed by atoms with Crippen molar-refractivity contribution in [3.63, 3.8) is 0 Å². The molecule has 2 heteroatoms. The third kappa shape index (κ3) is 4.80. The lowest BCUT2D eigenvalue weighted by atomic mass is 9.92. The van der Waals surface area contributed by atoms with Gasteiger partial charge in [-0.3, -0.25) is 0 Å².